The van der Waals surface area contributed by atoms with Gasteiger partial charge in [0.05, 0.1) is 0 Å². The highest BCUT2D eigenvalue weighted by Crippen LogP contribution is 2.22. The highest BCUT2D eigenvalue weighted by Gasteiger charge is 2.45. The molecule has 60 valence electrons. The van der Waals surface area contributed by atoms with Crippen LogP contribution < -0.4 is 0 Å². The van der Waals surface area contributed by atoms with Gasteiger partial charge in [0.15, 0.2) is 0 Å². The van der Waals surface area contributed by atoms with Crippen molar-refractivity contribution in [3.8, 4) is 0 Å². The van der Waals surface area contributed by atoms with Gasteiger partial charge >= 0.3 is 12.1 Å². The van der Waals surface area contributed by atoms with Gasteiger partial charge in [0, 0.05) is 7.11 Å². The molecule has 0 amide bonds. The molecule has 1 atom stereocenters. The molecule has 0 aromatic heterocycles. The Morgan fingerprint density at radius 2 is 2.00 bits per heavy atom. The Morgan fingerprint density at radius 3 is 2.00 bits per heavy atom. The zero-order valence-electron chi connectivity index (χ0n) is 4.97. The predicted octanol–water partition coefficient (Wildman–Crippen LogP) is 0.648. The molecule has 0 aliphatic rings. The minimum Gasteiger partial charge on any atom is -0.479 e. The van der Waals surface area contributed by atoms with Gasteiger partial charge in [-0.15, -0.1) is 0 Å². The van der Waals surface area contributed by atoms with Gasteiger partial charge in [-0.05, 0) is 0 Å². The standard InChI is InChI=1S/C4H5F3O3/c1-10-2(3(8)9)4(5,6)7/h2H,1H3,(H,8,9). The molecule has 10 heavy (non-hydrogen) atoms. The van der Waals surface area contributed by atoms with Gasteiger partial charge in [0.25, 0.3) is 6.10 Å². The number of carbonyl (C=O) groups is 1. The minimum absolute atomic E-state index is 0.687. The molecule has 0 spiro atoms. The highest BCUT2D eigenvalue weighted by atomic mass is 19.4. The number of hydrogen-bond acceptors (Lipinski definition) is 2. The molecule has 0 bridgehead atoms. The molecular weight excluding hydrogens is 153 g/mol. The van der Waals surface area contributed by atoms with Gasteiger partial charge in [0.2, 0.25) is 0 Å². The van der Waals surface area contributed by atoms with Crippen LogP contribution in [0.25, 0.3) is 0 Å². The van der Waals surface area contributed by atoms with Gasteiger partial charge < -0.3 is 9.84 Å². The van der Waals surface area contributed by atoms with E-state index in [1.807, 2.05) is 0 Å². The van der Waals surface area contributed by atoms with Crippen LogP contribution in [-0.4, -0.2) is 30.5 Å². The molecule has 0 saturated heterocycles. The van der Waals surface area contributed by atoms with Crippen molar-refractivity contribution in [2.24, 2.45) is 0 Å². The fourth-order valence-corrected chi connectivity index (χ4v) is 0.374. The lowest BCUT2D eigenvalue weighted by Gasteiger charge is -2.12. The van der Waals surface area contributed by atoms with Crippen LogP contribution in [0.2, 0.25) is 0 Å². The summed E-state index contributed by atoms with van der Waals surface area (Å²) in [7, 11) is 0.687. The van der Waals surface area contributed by atoms with Gasteiger partial charge in [-0.25, -0.2) is 4.79 Å². The molecule has 0 aliphatic heterocycles. The number of alkyl halides is 3. The van der Waals surface area contributed by atoms with Crippen molar-refractivity contribution in [1.29, 1.82) is 0 Å². The number of carboxylic acid groups (broad SMARTS) is 1. The fourth-order valence-electron chi connectivity index (χ4n) is 0.374. The third-order valence-corrected chi connectivity index (χ3v) is 0.757. The van der Waals surface area contributed by atoms with E-state index in [1.54, 1.807) is 0 Å². The monoisotopic (exact) mass is 158 g/mol. The van der Waals surface area contributed by atoms with Gasteiger partial charge in [-0.2, -0.15) is 13.2 Å². The molecule has 6 heteroatoms. The number of ether oxygens (including phenoxy) is 1. The third kappa shape index (κ3) is 2.22. The van der Waals surface area contributed by atoms with Crippen LogP contribution in [-0.2, 0) is 9.53 Å². The maximum atomic E-state index is 11.5. The summed E-state index contributed by atoms with van der Waals surface area (Å²) >= 11 is 0. The molecule has 0 heterocycles. The first kappa shape index (κ1) is 9.22. The highest BCUT2D eigenvalue weighted by molar-refractivity contribution is 5.73. The lowest BCUT2D eigenvalue weighted by atomic mass is 10.3. The predicted molar refractivity (Wildman–Crippen MR) is 24.5 cm³/mol. The largest absolute Gasteiger partial charge is 0.479 e. The second-order valence-corrected chi connectivity index (χ2v) is 1.50. The Morgan fingerprint density at radius 1 is 1.60 bits per heavy atom. The maximum Gasteiger partial charge on any atom is 0.425 e. The summed E-state index contributed by atoms with van der Waals surface area (Å²) in [6, 6.07) is 0. The van der Waals surface area contributed by atoms with Crippen molar-refractivity contribution in [2.75, 3.05) is 7.11 Å². The van der Waals surface area contributed by atoms with Crippen molar-refractivity contribution >= 4 is 5.97 Å². The first-order chi connectivity index (χ1) is 4.39. The van der Waals surface area contributed by atoms with Gasteiger partial charge in [-0.3, -0.25) is 0 Å². The summed E-state index contributed by atoms with van der Waals surface area (Å²) in [4.78, 5) is 9.73. The van der Waals surface area contributed by atoms with E-state index in [0.717, 1.165) is 0 Å². The maximum absolute atomic E-state index is 11.5. The molecule has 0 fully saturated rings. The molecule has 0 radical (unpaired) electrons. The lowest BCUT2D eigenvalue weighted by Crippen LogP contribution is -2.37. The van der Waals surface area contributed by atoms with Crippen LogP contribution in [0.4, 0.5) is 13.2 Å². The van der Waals surface area contributed by atoms with Crippen molar-refractivity contribution < 1.29 is 27.8 Å². The summed E-state index contributed by atoms with van der Waals surface area (Å²) in [6.07, 6.45) is -7.55. The van der Waals surface area contributed by atoms with Crippen molar-refractivity contribution in [2.45, 2.75) is 12.3 Å². The molecule has 0 rings (SSSR count). The molecule has 0 aromatic carbocycles. The topological polar surface area (TPSA) is 46.5 Å². The van der Waals surface area contributed by atoms with E-state index in [2.05, 4.69) is 4.74 Å². The quantitative estimate of drug-likeness (QED) is 0.641. The van der Waals surface area contributed by atoms with E-state index in [1.165, 1.54) is 0 Å². The van der Waals surface area contributed by atoms with Crippen LogP contribution in [0.5, 0.6) is 0 Å². The normalized spacial score (nSPS) is 14.8. The van der Waals surface area contributed by atoms with E-state index >= 15 is 0 Å². The smallest absolute Gasteiger partial charge is 0.425 e. The average molecular weight is 158 g/mol. The molecule has 1 N–H and O–H groups in total. The van der Waals surface area contributed by atoms with Gasteiger partial charge in [0.1, 0.15) is 0 Å². The summed E-state index contributed by atoms with van der Waals surface area (Å²) in [5.41, 5.74) is 0. The zero-order valence-corrected chi connectivity index (χ0v) is 4.97. The zero-order chi connectivity index (χ0) is 8.36. The number of carboxylic acids is 1. The number of rotatable bonds is 2. The van der Waals surface area contributed by atoms with Crippen LogP contribution in [0.3, 0.4) is 0 Å². The van der Waals surface area contributed by atoms with Crippen LogP contribution in [0, 0.1) is 0 Å². The molecule has 0 aliphatic carbocycles. The number of aliphatic carboxylic acids is 1. The SMILES string of the molecule is COC(C(=O)O)C(F)(F)F. The average Bonchev–Trinajstić information content (AvgIpc) is 1.60. The van der Waals surface area contributed by atoms with Crippen LogP contribution in [0.1, 0.15) is 0 Å². The summed E-state index contributed by atoms with van der Waals surface area (Å²) in [5.74, 6) is -2.03. The van der Waals surface area contributed by atoms with E-state index in [-0.39, 0.29) is 0 Å². The Balaban J connectivity index is 4.22. The summed E-state index contributed by atoms with van der Waals surface area (Å²) in [6.45, 7) is 0. The van der Waals surface area contributed by atoms with Crippen molar-refractivity contribution in [3.63, 3.8) is 0 Å². The molecular formula is C4H5F3O3. The number of hydrogen-bond donors (Lipinski definition) is 1. The van der Waals surface area contributed by atoms with E-state index in [9.17, 15) is 18.0 Å². The lowest BCUT2D eigenvalue weighted by molar-refractivity contribution is -0.221. The minimum atomic E-state index is -4.83. The Hall–Kier alpha value is -0.780. The molecule has 0 saturated carbocycles. The first-order valence-electron chi connectivity index (χ1n) is 2.22. The summed E-state index contributed by atoms with van der Waals surface area (Å²) < 4.78 is 38.0. The van der Waals surface area contributed by atoms with E-state index in [4.69, 9.17) is 5.11 Å². The molecule has 3 nitrogen and oxygen atoms in total. The van der Waals surface area contributed by atoms with E-state index in [0.29, 0.717) is 7.11 Å². The Labute approximate surface area is 54.4 Å². The third-order valence-electron chi connectivity index (χ3n) is 0.757. The van der Waals surface area contributed by atoms with Crippen LogP contribution >= 0.6 is 0 Å². The second kappa shape index (κ2) is 2.87. The van der Waals surface area contributed by atoms with Crippen molar-refractivity contribution in [3.05, 3.63) is 0 Å². The number of halogens is 3. The Bertz CT molecular complexity index is 130. The first-order valence-corrected chi connectivity index (χ1v) is 2.22. The van der Waals surface area contributed by atoms with Crippen LogP contribution in [0.15, 0.2) is 0 Å². The number of methoxy groups -OCH3 is 1. The second-order valence-electron chi connectivity index (χ2n) is 1.50. The van der Waals surface area contributed by atoms with E-state index < -0.39 is 18.2 Å². The van der Waals surface area contributed by atoms with Gasteiger partial charge in [-0.1, -0.05) is 0 Å². The fraction of sp³-hybridized carbons (Fsp3) is 0.750. The van der Waals surface area contributed by atoms with Crippen molar-refractivity contribution in [1.82, 2.24) is 0 Å². The summed E-state index contributed by atoms with van der Waals surface area (Å²) in [5, 5.41) is 7.86. The Kier molecular flexibility index (Phi) is 2.65. The molecule has 1 unspecified atom stereocenters. The molecule has 0 aromatic rings.